The third-order valence-electron chi connectivity index (χ3n) is 2.64. The lowest BCUT2D eigenvalue weighted by atomic mass is 10.0. The maximum Gasteiger partial charge on any atom is 0.302 e. The summed E-state index contributed by atoms with van der Waals surface area (Å²) in [5.41, 5.74) is 0. The molecule has 0 heterocycles. The number of ether oxygens (including phenoxy) is 1. The summed E-state index contributed by atoms with van der Waals surface area (Å²) in [6.45, 7) is 1.47. The summed E-state index contributed by atoms with van der Waals surface area (Å²) in [4.78, 5) is 12.3. The summed E-state index contributed by atoms with van der Waals surface area (Å²) >= 11 is 1.75. The average molecular weight is 248 g/mol. The Bertz CT molecular complexity index is 400. The van der Waals surface area contributed by atoms with Crippen LogP contribution in [0.3, 0.4) is 0 Å². The molecule has 0 N–H and O–H groups in total. The Morgan fingerprint density at radius 2 is 2.12 bits per heavy atom. The molecule has 0 bridgehead atoms. The van der Waals surface area contributed by atoms with E-state index in [1.165, 1.54) is 11.8 Å². The van der Waals surface area contributed by atoms with Gasteiger partial charge in [0.2, 0.25) is 0 Å². The Morgan fingerprint density at radius 1 is 1.35 bits per heavy atom. The van der Waals surface area contributed by atoms with Gasteiger partial charge >= 0.3 is 5.97 Å². The first kappa shape index (κ1) is 12.2. The minimum absolute atomic E-state index is 0.00251. The van der Waals surface area contributed by atoms with Crippen LogP contribution in [0.2, 0.25) is 0 Å². The Morgan fingerprint density at radius 3 is 2.82 bits per heavy atom. The van der Waals surface area contributed by atoms with E-state index in [0.717, 1.165) is 12.8 Å². The molecule has 0 radical (unpaired) electrons. The topological polar surface area (TPSA) is 26.3 Å². The second-order valence-electron chi connectivity index (χ2n) is 4.05. The summed E-state index contributed by atoms with van der Waals surface area (Å²) < 4.78 is 5.36. The van der Waals surface area contributed by atoms with Crippen molar-refractivity contribution < 1.29 is 9.53 Å². The van der Waals surface area contributed by atoms with E-state index in [1.54, 1.807) is 11.8 Å². The first-order valence-electron chi connectivity index (χ1n) is 5.81. The number of rotatable bonds is 3. The van der Waals surface area contributed by atoms with Crippen LogP contribution < -0.4 is 0 Å². The van der Waals surface area contributed by atoms with Crippen molar-refractivity contribution in [3.63, 3.8) is 0 Å². The molecule has 2 rings (SSSR count). The van der Waals surface area contributed by atoms with Gasteiger partial charge in [-0.25, -0.2) is 0 Å². The number of benzene rings is 1. The smallest absolute Gasteiger partial charge is 0.302 e. The van der Waals surface area contributed by atoms with E-state index in [1.807, 2.05) is 18.2 Å². The first-order chi connectivity index (χ1) is 8.25. The molecule has 0 unspecified atom stereocenters. The van der Waals surface area contributed by atoms with Crippen LogP contribution in [-0.2, 0) is 9.53 Å². The number of hydrogen-bond acceptors (Lipinski definition) is 3. The maximum atomic E-state index is 11.1. The van der Waals surface area contributed by atoms with Gasteiger partial charge < -0.3 is 4.74 Å². The van der Waals surface area contributed by atoms with Gasteiger partial charge in [-0.3, -0.25) is 4.79 Å². The van der Waals surface area contributed by atoms with Crippen LogP contribution in [0.5, 0.6) is 0 Å². The summed E-state index contributed by atoms with van der Waals surface area (Å²) in [7, 11) is 0. The fraction of sp³-hybridized carbons (Fsp3) is 0.357. The quantitative estimate of drug-likeness (QED) is 0.605. The summed E-state index contributed by atoms with van der Waals surface area (Å²) in [5.74, 6) is -0.191. The lowest BCUT2D eigenvalue weighted by molar-refractivity contribution is -0.146. The molecule has 1 aromatic carbocycles. The number of carbonyl (C=O) groups is 1. The highest BCUT2D eigenvalue weighted by molar-refractivity contribution is 8.00. The molecule has 0 amide bonds. The van der Waals surface area contributed by atoms with E-state index in [2.05, 4.69) is 24.3 Å². The van der Waals surface area contributed by atoms with Crippen LogP contribution in [0.1, 0.15) is 19.8 Å². The molecule has 17 heavy (non-hydrogen) atoms. The van der Waals surface area contributed by atoms with Crippen LogP contribution in [0, 0.1) is 0 Å². The minimum Gasteiger partial charge on any atom is -0.461 e. The molecule has 2 atom stereocenters. The monoisotopic (exact) mass is 248 g/mol. The van der Waals surface area contributed by atoms with Gasteiger partial charge in [-0.15, -0.1) is 11.8 Å². The normalized spacial score (nSPS) is 23.4. The number of hydrogen-bond donors (Lipinski definition) is 0. The van der Waals surface area contributed by atoms with Crippen molar-refractivity contribution in [1.82, 2.24) is 0 Å². The second kappa shape index (κ2) is 5.92. The van der Waals surface area contributed by atoms with Crippen molar-refractivity contribution in [3.8, 4) is 0 Å². The molecular formula is C14H16O2S. The molecule has 0 saturated carbocycles. The molecule has 1 aliphatic carbocycles. The lowest BCUT2D eigenvalue weighted by Gasteiger charge is -2.26. The lowest BCUT2D eigenvalue weighted by Crippen LogP contribution is -2.28. The van der Waals surface area contributed by atoms with Gasteiger partial charge in [-0.1, -0.05) is 30.4 Å². The van der Waals surface area contributed by atoms with Crippen LogP contribution in [-0.4, -0.2) is 17.3 Å². The largest absolute Gasteiger partial charge is 0.461 e. The van der Waals surface area contributed by atoms with E-state index >= 15 is 0 Å². The van der Waals surface area contributed by atoms with E-state index < -0.39 is 0 Å². The molecule has 1 aliphatic rings. The predicted octanol–water partition coefficient (Wildman–Crippen LogP) is 3.43. The molecule has 0 fully saturated rings. The average Bonchev–Trinajstić information content (AvgIpc) is 2.32. The summed E-state index contributed by atoms with van der Waals surface area (Å²) in [5, 5.41) is 0.232. The highest BCUT2D eigenvalue weighted by Gasteiger charge is 2.25. The summed E-state index contributed by atoms with van der Waals surface area (Å²) in [6, 6.07) is 10.2. The second-order valence-corrected chi connectivity index (χ2v) is 5.30. The molecule has 0 aromatic heterocycles. The van der Waals surface area contributed by atoms with Crippen molar-refractivity contribution >= 4 is 17.7 Å². The Hall–Kier alpha value is -1.22. The zero-order chi connectivity index (χ0) is 12.1. The maximum absolute atomic E-state index is 11.1. The SMILES string of the molecule is CC(=O)O[C@@H]1CCC=C[C@H]1Sc1ccccc1. The van der Waals surface area contributed by atoms with E-state index in [9.17, 15) is 4.79 Å². The molecular weight excluding hydrogens is 232 g/mol. The molecule has 0 saturated heterocycles. The van der Waals surface area contributed by atoms with Gasteiger partial charge in [0, 0.05) is 11.8 Å². The van der Waals surface area contributed by atoms with E-state index in [0.29, 0.717) is 0 Å². The standard InChI is InChI=1S/C14H16O2S/c1-11(15)16-13-9-5-6-10-14(13)17-12-7-3-2-4-8-12/h2-4,6-8,10,13-14H,5,9H2,1H3/t13-,14-/m1/s1. The molecule has 3 heteroatoms. The van der Waals surface area contributed by atoms with Gasteiger partial charge in [0.15, 0.2) is 0 Å². The van der Waals surface area contributed by atoms with Crippen LogP contribution in [0.15, 0.2) is 47.4 Å². The molecule has 2 nitrogen and oxygen atoms in total. The number of carbonyl (C=O) groups excluding carboxylic acids is 1. The zero-order valence-corrected chi connectivity index (χ0v) is 10.7. The highest BCUT2D eigenvalue weighted by Crippen LogP contribution is 2.31. The number of thioether (sulfide) groups is 1. The molecule has 0 spiro atoms. The van der Waals surface area contributed by atoms with E-state index in [4.69, 9.17) is 4.74 Å². The van der Waals surface area contributed by atoms with Crippen molar-refractivity contribution in [2.45, 2.75) is 36.0 Å². The Labute approximate surface area is 106 Å². The predicted molar refractivity (Wildman–Crippen MR) is 70.0 cm³/mol. The van der Waals surface area contributed by atoms with Crippen molar-refractivity contribution in [3.05, 3.63) is 42.5 Å². The van der Waals surface area contributed by atoms with Crippen LogP contribution in [0.4, 0.5) is 0 Å². The highest BCUT2D eigenvalue weighted by atomic mass is 32.2. The zero-order valence-electron chi connectivity index (χ0n) is 9.84. The van der Waals surface area contributed by atoms with Crippen molar-refractivity contribution in [2.24, 2.45) is 0 Å². The first-order valence-corrected chi connectivity index (χ1v) is 6.69. The Kier molecular flexibility index (Phi) is 4.26. The number of esters is 1. The van der Waals surface area contributed by atoms with Gasteiger partial charge in [-0.2, -0.15) is 0 Å². The number of allylic oxidation sites excluding steroid dienone is 1. The summed E-state index contributed by atoms with van der Waals surface area (Å²) in [6.07, 6.45) is 6.22. The van der Waals surface area contributed by atoms with Gasteiger partial charge in [0.25, 0.3) is 0 Å². The van der Waals surface area contributed by atoms with Crippen molar-refractivity contribution in [2.75, 3.05) is 0 Å². The minimum atomic E-state index is -0.191. The van der Waals surface area contributed by atoms with Crippen molar-refractivity contribution in [1.29, 1.82) is 0 Å². The molecule has 0 aliphatic heterocycles. The third-order valence-corrected chi connectivity index (χ3v) is 3.92. The van der Waals surface area contributed by atoms with E-state index in [-0.39, 0.29) is 17.3 Å². The fourth-order valence-electron chi connectivity index (χ4n) is 1.89. The van der Waals surface area contributed by atoms with Gasteiger partial charge in [0.1, 0.15) is 6.10 Å². The Balaban J connectivity index is 2.04. The van der Waals surface area contributed by atoms with Crippen LogP contribution >= 0.6 is 11.8 Å². The third kappa shape index (κ3) is 3.63. The molecule has 1 aromatic rings. The fourth-order valence-corrected chi connectivity index (χ4v) is 3.05. The van der Waals surface area contributed by atoms with Gasteiger partial charge in [0.05, 0.1) is 5.25 Å². The van der Waals surface area contributed by atoms with Crippen LogP contribution in [0.25, 0.3) is 0 Å². The molecule has 90 valence electrons. The van der Waals surface area contributed by atoms with Gasteiger partial charge in [-0.05, 0) is 25.0 Å².